The first-order chi connectivity index (χ1) is 59.2. The molecule has 0 radical (unpaired) electrons. The third kappa shape index (κ3) is 14.3. The number of anilines is 6. The monoisotopic (exact) mass is 1540 g/mol. The first kappa shape index (κ1) is 75.4. The van der Waals surface area contributed by atoms with Crippen molar-refractivity contribution in [3.05, 3.63) is 411 Å². The second kappa shape index (κ2) is 33.2. The van der Waals surface area contributed by atoms with Gasteiger partial charge in [-0.2, -0.15) is 0 Å². The van der Waals surface area contributed by atoms with Crippen LogP contribution >= 0.6 is 0 Å². The summed E-state index contributed by atoms with van der Waals surface area (Å²) in [6, 6.07) is 145. The lowest BCUT2D eigenvalue weighted by molar-refractivity contribution is 0.443. The maximum Gasteiger partial charge on any atom is 0.0546 e. The molecule has 2 aliphatic carbocycles. The molecule has 0 amide bonds. The molecule has 0 heterocycles. The van der Waals surface area contributed by atoms with Crippen molar-refractivity contribution in [1.82, 2.24) is 0 Å². The fourth-order valence-corrected chi connectivity index (χ4v) is 20.2. The van der Waals surface area contributed by atoms with E-state index in [0.717, 1.165) is 0 Å². The van der Waals surface area contributed by atoms with Gasteiger partial charge in [0.2, 0.25) is 0 Å². The summed E-state index contributed by atoms with van der Waals surface area (Å²) in [5.74, 6) is 2.27. The Balaban J connectivity index is 0.000000154. The van der Waals surface area contributed by atoms with Gasteiger partial charge in [-0.25, -0.2) is 0 Å². The summed E-state index contributed by atoms with van der Waals surface area (Å²) in [7, 11) is 0. The molecule has 19 aromatic carbocycles. The fourth-order valence-electron chi connectivity index (χ4n) is 20.2. The maximum atomic E-state index is 2.51. The summed E-state index contributed by atoms with van der Waals surface area (Å²) in [6.45, 7) is 9.12. The second-order valence-electron chi connectivity index (χ2n) is 34.1. The predicted molar refractivity (Wildman–Crippen MR) is 517 cm³/mol. The number of hydrogen-bond acceptors (Lipinski definition) is 2. The topological polar surface area (TPSA) is 6.48 Å². The van der Waals surface area contributed by atoms with Crippen LogP contribution in [0.2, 0.25) is 0 Å². The van der Waals surface area contributed by atoms with Crippen LogP contribution in [0.15, 0.2) is 388 Å². The standard InChI is InChI=1S/C60H62N2.C58H38/c1-41(2)43-23-31-49(32-24-43)61(51-35-27-47(28-36-51)45-15-7-5-8-16-45)59-39-57-54-20-12-14-22-56(54)60(40-58(57)53-19-11-13-21-55(53)59)62(50-33-25-44(26-34-50)42(3)4)52-37-29-48(30-38-52)46-17-9-6-10-18-46;1-3-20-39(21-4-1)43-26-7-9-28-45(43)57-51-34-15-11-30-47(51)55(48-31-12-16-35-52(48)57)41-24-19-25-42(38-41)56-49-32-13-17-36-53(49)58(54-37-18-14-33-50(54)56)46-29-10-8-27-44(46)40-22-5-2-6-23-40/h11-14,19-42,45-46H,5-10,15-18H2,1-4H3;1-38H. The van der Waals surface area contributed by atoms with Crippen LogP contribution < -0.4 is 9.80 Å². The molecular formula is C118H100N2. The Morgan fingerprint density at radius 2 is 0.458 bits per heavy atom. The van der Waals surface area contributed by atoms with Crippen molar-refractivity contribution < 1.29 is 0 Å². The molecule has 2 aliphatic rings. The van der Waals surface area contributed by atoms with Gasteiger partial charge in [-0.1, -0.05) is 388 Å². The molecule has 2 saturated carbocycles. The Morgan fingerprint density at radius 3 is 0.775 bits per heavy atom. The Morgan fingerprint density at radius 1 is 0.200 bits per heavy atom. The summed E-state index contributed by atoms with van der Waals surface area (Å²) < 4.78 is 0. The van der Waals surface area contributed by atoms with Crippen molar-refractivity contribution in [3.8, 4) is 66.8 Å². The van der Waals surface area contributed by atoms with Crippen molar-refractivity contribution in [2.75, 3.05) is 9.80 Å². The van der Waals surface area contributed by atoms with Crippen molar-refractivity contribution in [3.63, 3.8) is 0 Å². The highest BCUT2D eigenvalue weighted by Gasteiger charge is 2.28. The van der Waals surface area contributed by atoms with Crippen LogP contribution in [-0.2, 0) is 0 Å². The Bertz CT molecular complexity index is 6410. The molecular weight excluding hydrogens is 1450 g/mol. The fraction of sp³-hybridized carbons (Fsp3) is 0.153. The molecule has 19 aromatic rings. The van der Waals surface area contributed by atoms with Gasteiger partial charge in [0.1, 0.15) is 0 Å². The third-order valence-electron chi connectivity index (χ3n) is 26.3. The molecule has 0 aromatic heterocycles. The largest absolute Gasteiger partial charge is 0.310 e. The lowest BCUT2D eigenvalue weighted by atomic mass is 9.82. The van der Waals surface area contributed by atoms with Crippen molar-refractivity contribution >= 4 is 110 Å². The zero-order valence-electron chi connectivity index (χ0n) is 69.2. The van der Waals surface area contributed by atoms with Crippen LogP contribution in [0.5, 0.6) is 0 Å². The maximum absolute atomic E-state index is 2.51. The van der Waals surface area contributed by atoms with E-state index in [2.05, 4.69) is 426 Å². The van der Waals surface area contributed by atoms with Gasteiger partial charge in [0, 0.05) is 33.5 Å². The molecule has 21 rings (SSSR count). The number of fused-ring (bicyclic) bond motifs is 9. The molecule has 0 unspecified atom stereocenters. The minimum Gasteiger partial charge on any atom is -0.310 e. The molecule has 0 bridgehead atoms. The molecule has 0 saturated heterocycles. The van der Waals surface area contributed by atoms with Gasteiger partial charge in [-0.05, 0) is 270 Å². The van der Waals surface area contributed by atoms with Gasteiger partial charge in [0.25, 0.3) is 0 Å². The lowest BCUT2D eigenvalue weighted by Crippen LogP contribution is -2.12. The first-order valence-corrected chi connectivity index (χ1v) is 43.9. The van der Waals surface area contributed by atoms with Crippen LogP contribution in [0.3, 0.4) is 0 Å². The number of rotatable bonds is 16. The van der Waals surface area contributed by atoms with Crippen LogP contribution in [0.4, 0.5) is 34.1 Å². The van der Waals surface area contributed by atoms with E-state index in [9.17, 15) is 0 Å². The second-order valence-corrected chi connectivity index (χ2v) is 34.1. The molecule has 2 fully saturated rings. The highest BCUT2D eigenvalue weighted by atomic mass is 15.2. The average Bonchev–Trinajstić information content (AvgIpc) is 0.732. The van der Waals surface area contributed by atoms with Gasteiger partial charge < -0.3 is 9.80 Å². The highest BCUT2D eigenvalue weighted by Crippen LogP contribution is 2.53. The molecule has 0 N–H and O–H groups in total. The van der Waals surface area contributed by atoms with Gasteiger partial charge in [0.15, 0.2) is 0 Å². The van der Waals surface area contributed by atoms with E-state index >= 15 is 0 Å². The third-order valence-corrected chi connectivity index (χ3v) is 26.3. The molecule has 582 valence electrons. The van der Waals surface area contributed by atoms with Crippen molar-refractivity contribution in [1.29, 1.82) is 0 Å². The minimum atomic E-state index is 0.469. The van der Waals surface area contributed by atoms with E-state index in [1.165, 1.54) is 263 Å². The zero-order valence-corrected chi connectivity index (χ0v) is 69.2. The summed E-state index contributed by atoms with van der Waals surface area (Å²) in [6.07, 6.45) is 13.3. The highest BCUT2D eigenvalue weighted by molar-refractivity contribution is 6.27. The molecule has 0 spiro atoms. The number of nitrogens with zero attached hydrogens (tertiary/aromatic N) is 2. The van der Waals surface area contributed by atoms with E-state index in [1.807, 2.05) is 0 Å². The SMILES string of the molecule is CC(C)c1ccc(N(c2ccc(C3CCCCC3)cc2)c2cc3c4ccccc4c(N(c4ccc(C(C)C)cc4)c4ccc(C5CCCCC5)cc4)cc3c3ccccc23)cc1.c1ccc(-c2ccccc2-c2c3ccccc3c(-c3cccc(-c4c5ccccc5c(-c5ccccc5-c5ccccc5)c5ccccc45)c3)c3ccccc23)cc1. The van der Waals surface area contributed by atoms with E-state index in [1.54, 1.807) is 0 Å². The first-order valence-electron chi connectivity index (χ1n) is 43.9. The van der Waals surface area contributed by atoms with Crippen LogP contribution in [0.25, 0.3) is 142 Å². The summed E-state index contributed by atoms with van der Waals surface area (Å²) >= 11 is 0. The number of hydrogen-bond donors (Lipinski definition) is 0. The van der Waals surface area contributed by atoms with E-state index in [0.29, 0.717) is 23.7 Å². The molecule has 0 atom stereocenters. The minimum absolute atomic E-state index is 0.469. The average molecular weight is 1550 g/mol. The van der Waals surface area contributed by atoms with Crippen molar-refractivity contribution in [2.24, 2.45) is 0 Å². The quantitative estimate of drug-likeness (QED) is 0.0703. The lowest BCUT2D eigenvalue weighted by Gasteiger charge is -2.30. The van der Waals surface area contributed by atoms with Gasteiger partial charge in [-0.3, -0.25) is 0 Å². The molecule has 2 heteroatoms. The van der Waals surface area contributed by atoms with E-state index in [-0.39, 0.29) is 0 Å². The van der Waals surface area contributed by atoms with Crippen LogP contribution in [0.1, 0.15) is 138 Å². The molecule has 0 aliphatic heterocycles. The Hall–Kier alpha value is -13.4. The van der Waals surface area contributed by atoms with Crippen LogP contribution in [0, 0.1) is 0 Å². The van der Waals surface area contributed by atoms with E-state index < -0.39 is 0 Å². The summed E-state index contributed by atoms with van der Waals surface area (Å²) in [5, 5.41) is 17.6. The van der Waals surface area contributed by atoms with E-state index in [4.69, 9.17) is 0 Å². The predicted octanol–water partition coefficient (Wildman–Crippen LogP) is 34.7. The zero-order chi connectivity index (χ0) is 80.6. The van der Waals surface area contributed by atoms with Gasteiger partial charge in [-0.15, -0.1) is 0 Å². The smallest absolute Gasteiger partial charge is 0.0546 e. The molecule has 2 nitrogen and oxygen atoms in total. The Kier molecular flexibility index (Phi) is 20.8. The van der Waals surface area contributed by atoms with Gasteiger partial charge in [0.05, 0.1) is 11.4 Å². The van der Waals surface area contributed by atoms with Crippen LogP contribution in [-0.4, -0.2) is 0 Å². The summed E-state index contributed by atoms with van der Waals surface area (Å²) in [4.78, 5) is 5.02. The summed E-state index contributed by atoms with van der Waals surface area (Å²) in [5.41, 5.74) is 27.7. The van der Waals surface area contributed by atoms with Gasteiger partial charge >= 0.3 is 0 Å². The van der Waals surface area contributed by atoms with Crippen molar-refractivity contribution in [2.45, 2.75) is 116 Å². The molecule has 120 heavy (non-hydrogen) atoms. The Labute approximate surface area is 707 Å². The normalized spacial score (nSPS) is 13.4. The number of benzene rings is 19.